The number of aliphatic imine (C=N–C) groups is 1. The van der Waals surface area contributed by atoms with E-state index in [2.05, 4.69) is 63.6 Å². The second-order valence-corrected chi connectivity index (χ2v) is 6.81. The Bertz CT molecular complexity index is 681. The van der Waals surface area contributed by atoms with Crippen LogP contribution >= 0.6 is 15.9 Å². The van der Waals surface area contributed by atoms with Crippen LogP contribution in [0.25, 0.3) is 0 Å². The number of rotatable bonds is 6. The van der Waals surface area contributed by atoms with Crippen molar-refractivity contribution in [3.05, 3.63) is 51.8 Å². The van der Waals surface area contributed by atoms with E-state index in [1.54, 1.807) is 0 Å². The molecule has 0 bridgehead atoms. The number of benzene rings is 1. The first-order valence-electron chi connectivity index (χ1n) is 8.26. The van der Waals surface area contributed by atoms with E-state index in [0.717, 1.165) is 28.4 Å². The maximum Gasteiger partial charge on any atom is 0.192 e. The van der Waals surface area contributed by atoms with E-state index < -0.39 is 0 Å². The molecule has 0 aliphatic rings. The Morgan fingerprint density at radius 3 is 2.67 bits per heavy atom. The second kappa shape index (κ2) is 8.87. The Morgan fingerprint density at radius 1 is 1.29 bits per heavy atom. The molecule has 130 valence electrons. The molecule has 1 aromatic carbocycles. The minimum atomic E-state index is 0.124. The molecule has 0 saturated heterocycles. The van der Waals surface area contributed by atoms with Crippen LogP contribution in [-0.4, -0.2) is 17.7 Å². The lowest BCUT2D eigenvalue weighted by Crippen LogP contribution is -2.38. The number of nitrogens with one attached hydrogen (secondary N) is 2. The molecular formula is C18H25BrN4O. The highest BCUT2D eigenvalue weighted by Crippen LogP contribution is 2.22. The second-order valence-electron chi connectivity index (χ2n) is 5.96. The van der Waals surface area contributed by atoms with Crippen LogP contribution < -0.4 is 10.6 Å². The molecule has 2 N–H and O–H groups in total. The number of aromatic nitrogens is 1. The van der Waals surface area contributed by atoms with Crippen LogP contribution in [-0.2, 0) is 6.54 Å². The lowest BCUT2D eigenvalue weighted by atomic mass is 10.1. The van der Waals surface area contributed by atoms with Gasteiger partial charge in [0.25, 0.3) is 0 Å². The number of nitrogens with zero attached hydrogens (tertiary/aromatic N) is 2. The van der Waals surface area contributed by atoms with Gasteiger partial charge in [-0.15, -0.1) is 0 Å². The van der Waals surface area contributed by atoms with Gasteiger partial charge >= 0.3 is 0 Å². The van der Waals surface area contributed by atoms with Crippen molar-refractivity contribution >= 4 is 21.9 Å². The van der Waals surface area contributed by atoms with Crippen molar-refractivity contribution in [2.75, 3.05) is 6.54 Å². The van der Waals surface area contributed by atoms with Crippen molar-refractivity contribution in [1.29, 1.82) is 0 Å². The van der Waals surface area contributed by atoms with Gasteiger partial charge in [0.15, 0.2) is 11.7 Å². The van der Waals surface area contributed by atoms with Gasteiger partial charge in [-0.25, -0.2) is 4.99 Å². The van der Waals surface area contributed by atoms with Gasteiger partial charge in [0.1, 0.15) is 6.54 Å². The molecule has 24 heavy (non-hydrogen) atoms. The molecule has 2 rings (SSSR count). The predicted octanol–water partition coefficient (Wildman–Crippen LogP) is 4.38. The molecule has 0 amide bonds. The first-order valence-corrected chi connectivity index (χ1v) is 9.05. The van der Waals surface area contributed by atoms with E-state index in [-0.39, 0.29) is 6.04 Å². The van der Waals surface area contributed by atoms with E-state index in [4.69, 9.17) is 4.52 Å². The highest BCUT2D eigenvalue weighted by atomic mass is 79.9. The Hall–Kier alpha value is -1.82. The summed E-state index contributed by atoms with van der Waals surface area (Å²) in [7, 11) is 0. The van der Waals surface area contributed by atoms with Crippen molar-refractivity contribution in [1.82, 2.24) is 15.8 Å². The highest BCUT2D eigenvalue weighted by Gasteiger charge is 2.11. The Balaban J connectivity index is 2.06. The molecule has 0 fully saturated rings. The van der Waals surface area contributed by atoms with Crippen molar-refractivity contribution in [2.24, 2.45) is 4.99 Å². The Morgan fingerprint density at radius 2 is 2.04 bits per heavy atom. The van der Waals surface area contributed by atoms with Crippen LogP contribution in [0.5, 0.6) is 0 Å². The lowest BCUT2D eigenvalue weighted by molar-refractivity contribution is 0.376. The average Bonchev–Trinajstić information content (AvgIpc) is 3.02. The van der Waals surface area contributed by atoms with E-state index in [1.165, 1.54) is 5.56 Å². The SMILES string of the molecule is CCNC(=NCc1cc(C(C)C)no1)NC(C)c1ccccc1Br. The van der Waals surface area contributed by atoms with Gasteiger partial charge in [-0.05, 0) is 31.4 Å². The van der Waals surface area contributed by atoms with E-state index in [0.29, 0.717) is 12.5 Å². The van der Waals surface area contributed by atoms with Crippen LogP contribution in [0.4, 0.5) is 0 Å². The number of hydrogen-bond acceptors (Lipinski definition) is 3. The third-order valence-corrected chi connectivity index (χ3v) is 4.35. The largest absolute Gasteiger partial charge is 0.359 e. The summed E-state index contributed by atoms with van der Waals surface area (Å²) in [6.45, 7) is 9.59. The molecule has 6 heteroatoms. The fourth-order valence-electron chi connectivity index (χ4n) is 2.26. The van der Waals surface area contributed by atoms with E-state index in [9.17, 15) is 0 Å². The highest BCUT2D eigenvalue weighted by molar-refractivity contribution is 9.10. The van der Waals surface area contributed by atoms with Gasteiger partial charge in [0.05, 0.1) is 11.7 Å². The third kappa shape index (κ3) is 5.09. The molecule has 1 aromatic heterocycles. The maximum atomic E-state index is 5.34. The topological polar surface area (TPSA) is 62.5 Å². The van der Waals surface area contributed by atoms with E-state index >= 15 is 0 Å². The zero-order chi connectivity index (χ0) is 17.5. The van der Waals surface area contributed by atoms with Crippen molar-refractivity contribution in [3.63, 3.8) is 0 Å². The summed E-state index contributed by atoms with van der Waals surface area (Å²) in [6, 6.07) is 10.3. The summed E-state index contributed by atoms with van der Waals surface area (Å²) in [6.07, 6.45) is 0. The van der Waals surface area contributed by atoms with E-state index in [1.807, 2.05) is 31.2 Å². The Labute approximate surface area is 152 Å². The monoisotopic (exact) mass is 392 g/mol. The first-order chi connectivity index (χ1) is 11.5. The van der Waals surface area contributed by atoms with Gasteiger partial charge < -0.3 is 15.2 Å². The summed E-state index contributed by atoms with van der Waals surface area (Å²) in [5.41, 5.74) is 2.14. The quantitative estimate of drug-likeness (QED) is 0.565. The van der Waals surface area contributed by atoms with Crippen molar-refractivity contribution in [2.45, 2.75) is 46.2 Å². The number of guanidine groups is 1. The fraction of sp³-hybridized carbons (Fsp3) is 0.444. The Kier molecular flexibility index (Phi) is 6.85. The zero-order valence-electron chi connectivity index (χ0n) is 14.6. The van der Waals surface area contributed by atoms with Gasteiger partial charge in [-0.1, -0.05) is 53.1 Å². The predicted molar refractivity (Wildman–Crippen MR) is 101 cm³/mol. The molecule has 1 heterocycles. The van der Waals surface area contributed by atoms with Crippen LogP contribution in [0.3, 0.4) is 0 Å². The first kappa shape index (κ1) is 18.5. The van der Waals surface area contributed by atoms with Crippen LogP contribution in [0.2, 0.25) is 0 Å². The van der Waals surface area contributed by atoms with Crippen LogP contribution in [0.15, 0.2) is 44.3 Å². The van der Waals surface area contributed by atoms with Crippen molar-refractivity contribution in [3.8, 4) is 0 Å². The standard InChI is InChI=1S/C18H25BrN4O/c1-5-20-18(21-11-14-10-17(12(2)3)23-24-14)22-13(4)15-8-6-7-9-16(15)19/h6-10,12-13H,5,11H2,1-4H3,(H2,20,21,22). The molecule has 5 nitrogen and oxygen atoms in total. The van der Waals surface area contributed by atoms with Gasteiger partial charge in [0.2, 0.25) is 0 Å². The molecule has 0 saturated carbocycles. The molecule has 0 aliphatic heterocycles. The molecule has 0 radical (unpaired) electrons. The number of halogens is 1. The molecule has 1 unspecified atom stereocenters. The molecule has 0 aliphatic carbocycles. The van der Waals surface area contributed by atoms with Crippen LogP contribution in [0.1, 0.15) is 56.7 Å². The zero-order valence-corrected chi connectivity index (χ0v) is 16.2. The molecule has 2 aromatic rings. The smallest absolute Gasteiger partial charge is 0.192 e. The van der Waals surface area contributed by atoms with Gasteiger partial charge in [0, 0.05) is 17.1 Å². The summed E-state index contributed by atoms with van der Waals surface area (Å²) in [5, 5.41) is 10.8. The molecular weight excluding hydrogens is 368 g/mol. The van der Waals surface area contributed by atoms with Crippen LogP contribution in [0, 0.1) is 0 Å². The average molecular weight is 393 g/mol. The third-order valence-electron chi connectivity index (χ3n) is 3.63. The summed E-state index contributed by atoms with van der Waals surface area (Å²) < 4.78 is 6.42. The fourth-order valence-corrected chi connectivity index (χ4v) is 2.89. The summed E-state index contributed by atoms with van der Waals surface area (Å²) in [4.78, 5) is 4.60. The molecule has 1 atom stereocenters. The molecule has 0 spiro atoms. The maximum absolute atomic E-state index is 5.34. The van der Waals surface area contributed by atoms with Gasteiger partial charge in [-0.3, -0.25) is 0 Å². The normalized spacial score (nSPS) is 13.2. The number of hydrogen-bond donors (Lipinski definition) is 2. The minimum absolute atomic E-state index is 0.124. The summed E-state index contributed by atoms with van der Waals surface area (Å²) in [5.74, 6) is 1.88. The summed E-state index contributed by atoms with van der Waals surface area (Å²) >= 11 is 3.59. The minimum Gasteiger partial charge on any atom is -0.359 e. The van der Waals surface area contributed by atoms with Gasteiger partial charge in [-0.2, -0.15) is 0 Å². The van der Waals surface area contributed by atoms with Crippen molar-refractivity contribution < 1.29 is 4.52 Å². The lowest BCUT2D eigenvalue weighted by Gasteiger charge is -2.19.